The molecule has 9 rings (SSSR count). The summed E-state index contributed by atoms with van der Waals surface area (Å²) in [5, 5.41) is 5.42. The van der Waals surface area contributed by atoms with Crippen molar-refractivity contribution >= 4 is 33.2 Å². The van der Waals surface area contributed by atoms with Crippen molar-refractivity contribution in [2.45, 2.75) is 83.0 Å². The van der Waals surface area contributed by atoms with Crippen LogP contribution in [0.4, 0.5) is 24.7 Å². The second-order valence-electron chi connectivity index (χ2n) is 15.0. The number of halogens is 3. The summed E-state index contributed by atoms with van der Waals surface area (Å²) in [6, 6.07) is 7.01. The zero-order chi connectivity index (χ0) is 34.3. The molecular weight excluding hydrogens is 643 g/mol. The maximum atomic E-state index is 17.3. The number of benzene rings is 2. The number of hydrogen-bond acceptors (Lipinski definition) is 9. The van der Waals surface area contributed by atoms with Crippen LogP contribution in [-0.2, 0) is 6.42 Å². The van der Waals surface area contributed by atoms with Gasteiger partial charge in [0.15, 0.2) is 5.82 Å². The molecule has 2 aromatic carbocycles. The van der Waals surface area contributed by atoms with E-state index in [9.17, 15) is 4.39 Å². The van der Waals surface area contributed by atoms with Crippen molar-refractivity contribution in [2.75, 3.05) is 43.4 Å². The molecule has 5 aliphatic rings. The largest absolute Gasteiger partial charge is 0.472 e. The Bertz CT molecular complexity index is 2040. The fraction of sp³-hybridized carbons (Fsp3) is 0.500. The van der Waals surface area contributed by atoms with E-state index in [1.165, 1.54) is 6.07 Å². The van der Waals surface area contributed by atoms with Gasteiger partial charge >= 0.3 is 6.01 Å². The molecule has 4 aliphatic heterocycles. The van der Waals surface area contributed by atoms with Crippen molar-refractivity contribution < 1.29 is 22.6 Å². The average Bonchev–Trinajstić information content (AvgIpc) is 3.81. The first-order valence-corrected chi connectivity index (χ1v) is 18.0. The van der Waals surface area contributed by atoms with Gasteiger partial charge in [-0.1, -0.05) is 13.0 Å². The van der Waals surface area contributed by atoms with Gasteiger partial charge in [0.05, 0.1) is 19.0 Å². The van der Waals surface area contributed by atoms with Crippen molar-refractivity contribution in [1.29, 1.82) is 0 Å². The fourth-order valence-electron chi connectivity index (χ4n) is 8.93. The number of aromatic nitrogens is 3. The summed E-state index contributed by atoms with van der Waals surface area (Å²) >= 11 is 0. The topological polar surface area (TPSA) is 102 Å². The van der Waals surface area contributed by atoms with Crippen molar-refractivity contribution in [2.24, 2.45) is 5.41 Å². The summed E-state index contributed by atoms with van der Waals surface area (Å²) in [6.07, 6.45) is 6.40. The quantitative estimate of drug-likeness (QED) is 0.212. The van der Waals surface area contributed by atoms with Crippen LogP contribution in [0.5, 0.6) is 11.9 Å². The van der Waals surface area contributed by atoms with Gasteiger partial charge in [0, 0.05) is 54.9 Å². The molecule has 0 amide bonds. The zero-order valence-corrected chi connectivity index (χ0v) is 28.4. The standard InChI is InChI=1S/C38H42F3N7O2/c1-3-25-27(40)6-4-22-14-23(42)15-26(29(22)25)32-31(41)33-30-35(48-17-24-5-7-28(43-24)34(48)20(2)50-36(30)44-32)46-37(45-33)49-19-38(10-11-38)18-47-12-8-21(16-39)9-13-47/h4,6,14-16,20,24,28,34,43H,3,5,7-13,17-19,42H2,1-2H3/t20-,24+,28-,34+/m0/s1. The lowest BCUT2D eigenvalue weighted by atomic mass is 9.94. The lowest BCUT2D eigenvalue weighted by molar-refractivity contribution is 0.147. The number of nitrogens with zero attached hydrogens (tertiary/aromatic N) is 5. The second kappa shape index (κ2) is 12.0. The van der Waals surface area contributed by atoms with Crippen molar-refractivity contribution in [3.05, 3.63) is 53.4 Å². The molecule has 50 heavy (non-hydrogen) atoms. The smallest absolute Gasteiger partial charge is 0.319 e. The number of piperazine rings is 1. The van der Waals surface area contributed by atoms with E-state index in [1.807, 2.05) is 13.8 Å². The Morgan fingerprint density at radius 1 is 1.10 bits per heavy atom. The number of nitrogens with one attached hydrogen (secondary N) is 1. The summed E-state index contributed by atoms with van der Waals surface area (Å²) < 4.78 is 58.6. The Kier molecular flexibility index (Phi) is 7.61. The third-order valence-corrected chi connectivity index (χ3v) is 11.7. The predicted octanol–water partition coefficient (Wildman–Crippen LogP) is 6.47. The number of anilines is 2. The Morgan fingerprint density at radius 2 is 1.92 bits per heavy atom. The first-order valence-electron chi connectivity index (χ1n) is 18.0. The van der Waals surface area contributed by atoms with Crippen LogP contribution in [0.2, 0.25) is 0 Å². The summed E-state index contributed by atoms with van der Waals surface area (Å²) in [6.45, 7) is 7.49. The third kappa shape index (κ3) is 5.25. The number of nitrogens with two attached hydrogens (primary N) is 1. The van der Waals surface area contributed by atoms with Gasteiger partial charge in [0.1, 0.15) is 34.3 Å². The van der Waals surface area contributed by atoms with Crippen LogP contribution in [0.25, 0.3) is 32.9 Å². The first kappa shape index (κ1) is 31.8. The van der Waals surface area contributed by atoms with Crippen molar-refractivity contribution in [3.63, 3.8) is 0 Å². The van der Waals surface area contributed by atoms with E-state index < -0.39 is 5.82 Å². The number of piperidine rings is 1. The molecule has 12 heteroatoms. The van der Waals surface area contributed by atoms with E-state index >= 15 is 8.78 Å². The molecule has 1 aliphatic carbocycles. The van der Waals surface area contributed by atoms with Gasteiger partial charge < -0.3 is 30.3 Å². The number of hydrogen-bond donors (Lipinski definition) is 2. The van der Waals surface area contributed by atoms with E-state index in [2.05, 4.69) is 15.1 Å². The summed E-state index contributed by atoms with van der Waals surface area (Å²) in [5.41, 5.74) is 8.49. The van der Waals surface area contributed by atoms with Crippen molar-refractivity contribution in [1.82, 2.24) is 25.2 Å². The molecule has 4 atom stereocenters. The highest BCUT2D eigenvalue weighted by Crippen LogP contribution is 2.48. The molecule has 2 aromatic heterocycles. The summed E-state index contributed by atoms with van der Waals surface area (Å²) in [7, 11) is 0. The Labute approximate surface area is 289 Å². The molecular formula is C38H42F3N7O2. The maximum absolute atomic E-state index is 17.3. The molecule has 3 N–H and O–H groups in total. The van der Waals surface area contributed by atoms with Gasteiger partial charge in [-0.15, -0.1) is 0 Å². The van der Waals surface area contributed by atoms with Crippen LogP contribution >= 0.6 is 0 Å². The average molecular weight is 686 g/mol. The zero-order valence-electron chi connectivity index (χ0n) is 28.4. The van der Waals surface area contributed by atoms with E-state index in [1.54, 1.807) is 18.2 Å². The summed E-state index contributed by atoms with van der Waals surface area (Å²) in [4.78, 5) is 19.2. The number of likely N-dealkylation sites (tertiary alicyclic amines) is 1. The van der Waals surface area contributed by atoms with Crippen LogP contribution in [-0.4, -0.2) is 76.9 Å². The van der Waals surface area contributed by atoms with Crippen LogP contribution in [0.1, 0.15) is 57.9 Å². The van der Waals surface area contributed by atoms with Gasteiger partial charge in [0.2, 0.25) is 5.88 Å². The highest BCUT2D eigenvalue weighted by Gasteiger charge is 2.48. The molecule has 6 heterocycles. The molecule has 262 valence electrons. The molecule has 0 radical (unpaired) electrons. The summed E-state index contributed by atoms with van der Waals surface area (Å²) in [5.74, 6) is -0.219. The van der Waals surface area contributed by atoms with Gasteiger partial charge in [-0.25, -0.2) is 18.2 Å². The highest BCUT2D eigenvalue weighted by molar-refractivity contribution is 6.04. The first-order chi connectivity index (χ1) is 24.2. The van der Waals surface area contributed by atoms with Crippen molar-refractivity contribution in [3.8, 4) is 23.1 Å². The normalized spacial score (nSPS) is 25.4. The Hall–Kier alpha value is -4.16. The number of ether oxygens (including phenoxy) is 2. The molecule has 2 bridgehead atoms. The van der Waals surface area contributed by atoms with Gasteiger partial charge in [-0.05, 0) is 92.0 Å². The lowest BCUT2D eigenvalue weighted by Gasteiger charge is -2.42. The molecule has 4 fully saturated rings. The monoisotopic (exact) mass is 685 g/mol. The van der Waals surface area contributed by atoms with E-state index in [0.29, 0.717) is 58.4 Å². The highest BCUT2D eigenvalue weighted by atomic mass is 19.1. The molecule has 1 saturated carbocycles. The molecule has 3 saturated heterocycles. The van der Waals surface area contributed by atoms with Gasteiger partial charge in [0.25, 0.3) is 0 Å². The van der Waals surface area contributed by atoms with Crippen LogP contribution in [0.15, 0.2) is 36.2 Å². The van der Waals surface area contributed by atoms with E-state index in [-0.39, 0.29) is 58.6 Å². The minimum absolute atomic E-state index is 0.00197. The Morgan fingerprint density at radius 3 is 2.68 bits per heavy atom. The molecule has 9 nitrogen and oxygen atoms in total. The van der Waals surface area contributed by atoms with Crippen LogP contribution in [0, 0.1) is 17.0 Å². The number of fused-ring (bicyclic) bond motifs is 6. The predicted molar refractivity (Wildman–Crippen MR) is 187 cm³/mol. The fourth-order valence-corrected chi connectivity index (χ4v) is 8.93. The van der Waals surface area contributed by atoms with Gasteiger partial charge in [-0.3, -0.25) is 0 Å². The van der Waals surface area contributed by atoms with Gasteiger partial charge in [-0.2, -0.15) is 9.97 Å². The number of nitrogen functional groups attached to an aromatic ring is 1. The third-order valence-electron chi connectivity index (χ3n) is 11.7. The van der Waals surface area contributed by atoms with Crippen LogP contribution < -0.4 is 25.4 Å². The number of rotatable bonds is 7. The molecule has 4 aromatic rings. The second-order valence-corrected chi connectivity index (χ2v) is 15.0. The van der Waals surface area contributed by atoms with E-state index in [0.717, 1.165) is 70.1 Å². The lowest BCUT2D eigenvalue weighted by Crippen LogP contribution is -2.62. The minimum atomic E-state index is -0.658. The SMILES string of the molecule is CCc1c(F)ccc2cc(N)cc(-c3nc4c5c(nc(OCC6(CN7CCC(=CF)CC7)CC6)nc5c3F)N3C[C@H]5CC[C@H](N5)[C@H]3[C@H](C)O4)c12. The molecule has 0 spiro atoms. The van der Waals surface area contributed by atoms with Crippen LogP contribution in [0.3, 0.4) is 0 Å². The number of aryl methyl sites for hydroxylation is 1. The Balaban J connectivity index is 1.17. The minimum Gasteiger partial charge on any atom is -0.472 e. The number of pyridine rings is 1. The molecule has 0 unspecified atom stereocenters. The van der Waals surface area contributed by atoms with E-state index in [4.69, 9.17) is 30.2 Å². The maximum Gasteiger partial charge on any atom is 0.319 e.